The van der Waals surface area contributed by atoms with Crippen molar-refractivity contribution in [1.82, 2.24) is 0 Å². The van der Waals surface area contributed by atoms with E-state index in [1.54, 1.807) is 0 Å². The number of rotatable bonds is 1. The molecule has 0 aromatic heterocycles. The summed E-state index contributed by atoms with van der Waals surface area (Å²) in [6.45, 7) is 1.36. The third-order valence-corrected chi connectivity index (χ3v) is 3.03. The first-order valence-electron chi connectivity index (χ1n) is 5.48. The second-order valence-electron chi connectivity index (χ2n) is 4.51. The van der Waals surface area contributed by atoms with E-state index < -0.39 is 35.8 Å². The van der Waals surface area contributed by atoms with E-state index in [1.165, 1.54) is 25.1 Å². The molecular formula is C12H9F5O3. The maximum Gasteiger partial charge on any atom is 0.460 e. The third-order valence-electron chi connectivity index (χ3n) is 3.03. The van der Waals surface area contributed by atoms with Crippen LogP contribution >= 0.6 is 0 Å². The van der Waals surface area contributed by atoms with E-state index in [0.29, 0.717) is 0 Å². The van der Waals surface area contributed by atoms with Crippen LogP contribution in [0.15, 0.2) is 18.2 Å². The number of hydrogen-bond acceptors (Lipinski definition) is 3. The Morgan fingerprint density at radius 3 is 2.40 bits per heavy atom. The summed E-state index contributed by atoms with van der Waals surface area (Å²) in [7, 11) is 0. The van der Waals surface area contributed by atoms with Crippen molar-refractivity contribution in [2.24, 2.45) is 0 Å². The number of aliphatic hydroxyl groups is 1. The Hall–Kier alpha value is -1.70. The van der Waals surface area contributed by atoms with Gasteiger partial charge in [-0.15, -0.1) is 0 Å². The molecule has 1 aliphatic rings. The first kappa shape index (κ1) is 14.7. The van der Waals surface area contributed by atoms with Gasteiger partial charge < -0.3 is 9.84 Å². The number of carbonyl (C=O) groups excluding carboxylic acids is 1. The predicted octanol–water partition coefficient (Wildman–Crippen LogP) is 2.85. The molecule has 2 rings (SSSR count). The van der Waals surface area contributed by atoms with Crippen LogP contribution in [0.4, 0.5) is 22.0 Å². The molecule has 1 atom stereocenters. The van der Waals surface area contributed by atoms with Gasteiger partial charge in [-0.05, 0) is 18.6 Å². The standard InChI is InChI=1S/C12H9F5O3/c1-6-3-2-4-7-8(18)5-10(19,20-9(6)7)11(13,14)12(15,16)17/h2-4,19H,5H2,1H3. The molecule has 1 N–H and O–H groups in total. The maximum absolute atomic E-state index is 13.3. The van der Waals surface area contributed by atoms with Crippen LogP contribution in [0.5, 0.6) is 5.75 Å². The SMILES string of the molecule is Cc1cccc2c1OC(O)(C(F)(F)C(F)(F)F)CC2=O. The predicted molar refractivity (Wildman–Crippen MR) is 56.7 cm³/mol. The first-order chi connectivity index (χ1) is 8.99. The number of carbonyl (C=O) groups is 1. The highest BCUT2D eigenvalue weighted by Gasteiger charge is 2.73. The molecular weight excluding hydrogens is 287 g/mol. The molecule has 0 aliphatic carbocycles. The molecule has 1 unspecified atom stereocenters. The number of ether oxygens (including phenoxy) is 1. The van der Waals surface area contributed by atoms with Crippen LogP contribution in [0.3, 0.4) is 0 Å². The normalized spacial score (nSPS) is 23.2. The third kappa shape index (κ3) is 1.94. The molecule has 0 saturated carbocycles. The quantitative estimate of drug-likeness (QED) is 0.811. The van der Waals surface area contributed by atoms with Crippen molar-refractivity contribution in [2.75, 3.05) is 0 Å². The van der Waals surface area contributed by atoms with E-state index in [0.717, 1.165) is 0 Å². The zero-order valence-corrected chi connectivity index (χ0v) is 10.1. The topological polar surface area (TPSA) is 46.5 Å². The van der Waals surface area contributed by atoms with Crippen molar-refractivity contribution in [3.05, 3.63) is 29.3 Å². The summed E-state index contributed by atoms with van der Waals surface area (Å²) in [4.78, 5) is 11.7. The van der Waals surface area contributed by atoms with Crippen LogP contribution in [-0.4, -0.2) is 28.8 Å². The van der Waals surface area contributed by atoms with Crippen LogP contribution in [0, 0.1) is 6.92 Å². The fourth-order valence-electron chi connectivity index (χ4n) is 1.92. The van der Waals surface area contributed by atoms with Gasteiger partial charge in [0.1, 0.15) is 5.75 Å². The second kappa shape index (κ2) is 4.15. The zero-order chi connectivity index (χ0) is 15.3. The van der Waals surface area contributed by atoms with Gasteiger partial charge in [0.15, 0.2) is 5.78 Å². The van der Waals surface area contributed by atoms with E-state index >= 15 is 0 Å². The van der Waals surface area contributed by atoms with Crippen molar-refractivity contribution >= 4 is 5.78 Å². The van der Waals surface area contributed by atoms with Crippen LogP contribution < -0.4 is 4.74 Å². The molecule has 3 nitrogen and oxygen atoms in total. The van der Waals surface area contributed by atoms with Gasteiger partial charge in [-0.2, -0.15) is 22.0 Å². The number of alkyl halides is 5. The molecule has 110 valence electrons. The summed E-state index contributed by atoms with van der Waals surface area (Å²) in [6.07, 6.45) is -7.52. The minimum atomic E-state index is -6.04. The van der Waals surface area contributed by atoms with E-state index in [2.05, 4.69) is 4.74 Å². The van der Waals surface area contributed by atoms with Crippen LogP contribution in [-0.2, 0) is 0 Å². The highest BCUT2D eigenvalue weighted by molar-refractivity contribution is 6.00. The van der Waals surface area contributed by atoms with Gasteiger partial charge in [0, 0.05) is 0 Å². The Labute approximate surface area is 110 Å². The fraction of sp³-hybridized carbons (Fsp3) is 0.417. The van der Waals surface area contributed by atoms with Gasteiger partial charge in [-0.3, -0.25) is 4.79 Å². The van der Waals surface area contributed by atoms with Crippen LogP contribution in [0.25, 0.3) is 0 Å². The van der Waals surface area contributed by atoms with Crippen molar-refractivity contribution in [3.8, 4) is 5.75 Å². The number of Topliss-reactive ketones (excluding diaryl/α,β-unsaturated/α-hetero) is 1. The van der Waals surface area contributed by atoms with Crippen molar-refractivity contribution in [3.63, 3.8) is 0 Å². The maximum atomic E-state index is 13.3. The Kier molecular flexibility index (Phi) is 3.05. The second-order valence-corrected chi connectivity index (χ2v) is 4.51. The Balaban J connectivity index is 2.54. The first-order valence-corrected chi connectivity index (χ1v) is 5.48. The molecule has 0 saturated heterocycles. The minimum absolute atomic E-state index is 0.132. The number of fused-ring (bicyclic) bond motifs is 1. The summed E-state index contributed by atoms with van der Waals surface area (Å²) in [6, 6.07) is 4.03. The Morgan fingerprint density at radius 1 is 1.25 bits per heavy atom. The van der Waals surface area contributed by atoms with E-state index in [9.17, 15) is 31.9 Å². The van der Waals surface area contributed by atoms with Crippen LogP contribution in [0.1, 0.15) is 22.3 Å². The molecule has 0 bridgehead atoms. The van der Waals surface area contributed by atoms with Gasteiger partial charge in [0.2, 0.25) is 0 Å². The Morgan fingerprint density at radius 2 is 1.85 bits per heavy atom. The number of halogens is 5. The van der Waals surface area contributed by atoms with E-state index in [-0.39, 0.29) is 11.1 Å². The summed E-state index contributed by atoms with van der Waals surface area (Å²) >= 11 is 0. The molecule has 0 fully saturated rings. The number of para-hydroxylation sites is 1. The number of hydrogen-bond donors (Lipinski definition) is 1. The average Bonchev–Trinajstić information content (AvgIpc) is 2.29. The van der Waals surface area contributed by atoms with Crippen molar-refractivity contribution in [1.29, 1.82) is 0 Å². The number of ketones is 1. The lowest BCUT2D eigenvalue weighted by Crippen LogP contribution is -2.62. The largest absolute Gasteiger partial charge is 0.460 e. The lowest BCUT2D eigenvalue weighted by Gasteiger charge is -2.39. The van der Waals surface area contributed by atoms with E-state index in [4.69, 9.17) is 0 Å². The molecule has 0 spiro atoms. The lowest BCUT2D eigenvalue weighted by atomic mass is 9.92. The van der Waals surface area contributed by atoms with Gasteiger partial charge in [0.05, 0.1) is 12.0 Å². The lowest BCUT2D eigenvalue weighted by molar-refractivity contribution is -0.384. The van der Waals surface area contributed by atoms with Gasteiger partial charge in [-0.1, -0.05) is 12.1 Å². The Bertz CT molecular complexity index is 567. The van der Waals surface area contributed by atoms with Gasteiger partial charge in [-0.25, -0.2) is 0 Å². The molecule has 20 heavy (non-hydrogen) atoms. The molecule has 0 radical (unpaired) electrons. The summed E-state index contributed by atoms with van der Waals surface area (Å²) in [5.41, 5.74) is 0.0413. The van der Waals surface area contributed by atoms with Crippen molar-refractivity contribution in [2.45, 2.75) is 31.2 Å². The monoisotopic (exact) mass is 296 g/mol. The van der Waals surface area contributed by atoms with E-state index in [1.807, 2.05) is 0 Å². The molecule has 1 heterocycles. The minimum Gasteiger partial charge on any atom is -0.454 e. The van der Waals surface area contributed by atoms with Crippen molar-refractivity contribution < 1.29 is 36.6 Å². The molecule has 8 heteroatoms. The van der Waals surface area contributed by atoms with Crippen LogP contribution in [0.2, 0.25) is 0 Å². The van der Waals surface area contributed by atoms with Gasteiger partial charge >= 0.3 is 12.1 Å². The van der Waals surface area contributed by atoms with Gasteiger partial charge in [0.25, 0.3) is 5.79 Å². The highest BCUT2D eigenvalue weighted by Crippen LogP contribution is 2.49. The summed E-state index contributed by atoms with van der Waals surface area (Å²) in [5.74, 6) is -11.0. The highest BCUT2D eigenvalue weighted by atomic mass is 19.4. The smallest absolute Gasteiger partial charge is 0.454 e. The average molecular weight is 296 g/mol. The summed E-state index contributed by atoms with van der Waals surface area (Å²) in [5, 5.41) is 9.56. The molecule has 0 amide bonds. The molecule has 1 aromatic carbocycles. The number of benzene rings is 1. The zero-order valence-electron chi connectivity index (χ0n) is 10.1. The fourth-order valence-corrected chi connectivity index (χ4v) is 1.92. The molecule has 1 aliphatic heterocycles. The molecule has 1 aromatic rings. The summed E-state index contributed by atoms with van der Waals surface area (Å²) < 4.78 is 68.3. The number of aryl methyl sites for hydroxylation is 1.